The molecule has 2 nitrogen and oxygen atoms in total. The molecule has 1 aromatic rings. The van der Waals surface area contributed by atoms with Crippen molar-refractivity contribution in [3.8, 4) is 0 Å². The molecule has 0 saturated heterocycles. The number of halogens is 1. The fraction of sp³-hybridized carbons (Fsp3) is 0.462. The number of carbonyl (C=O) groups is 1. The highest BCUT2D eigenvalue weighted by Gasteiger charge is 2.10. The average molecular weight is 332 g/mol. The van der Waals surface area contributed by atoms with Crippen LogP contribution in [0.25, 0.3) is 0 Å². The van der Waals surface area contributed by atoms with E-state index in [1.807, 2.05) is 31.2 Å². The zero-order chi connectivity index (χ0) is 11.8. The van der Waals surface area contributed by atoms with E-state index >= 15 is 0 Å². The van der Waals surface area contributed by atoms with Crippen molar-refractivity contribution in [1.29, 1.82) is 0 Å². The molecule has 0 bridgehead atoms. The summed E-state index contributed by atoms with van der Waals surface area (Å²) >= 11 is 2.37. The van der Waals surface area contributed by atoms with Crippen molar-refractivity contribution in [2.24, 2.45) is 0 Å². The Morgan fingerprint density at radius 1 is 1.31 bits per heavy atom. The lowest BCUT2D eigenvalue weighted by Gasteiger charge is -2.08. The maximum absolute atomic E-state index is 11.7. The van der Waals surface area contributed by atoms with E-state index in [-0.39, 0.29) is 5.97 Å². The fourth-order valence-corrected chi connectivity index (χ4v) is 2.10. The van der Waals surface area contributed by atoms with E-state index in [9.17, 15) is 4.79 Å². The highest BCUT2D eigenvalue weighted by atomic mass is 127. The van der Waals surface area contributed by atoms with E-state index in [0.717, 1.165) is 24.0 Å². The number of ether oxygens (including phenoxy) is 1. The molecule has 3 heteroatoms. The van der Waals surface area contributed by atoms with Crippen molar-refractivity contribution in [2.45, 2.75) is 26.2 Å². The van der Waals surface area contributed by atoms with Gasteiger partial charge in [-0.15, -0.1) is 0 Å². The molecule has 0 N–H and O–H groups in total. The topological polar surface area (TPSA) is 26.3 Å². The summed E-state index contributed by atoms with van der Waals surface area (Å²) in [4.78, 5) is 11.7. The summed E-state index contributed by atoms with van der Waals surface area (Å²) in [6.07, 6.45) is 3.27. The van der Waals surface area contributed by atoms with Crippen LogP contribution >= 0.6 is 22.6 Å². The number of carbonyl (C=O) groups excluding carboxylic acids is 1. The number of alkyl halides is 1. The van der Waals surface area contributed by atoms with Crippen LogP contribution in [-0.4, -0.2) is 17.0 Å². The number of rotatable bonds is 6. The van der Waals surface area contributed by atoms with Crippen molar-refractivity contribution in [3.05, 3.63) is 35.4 Å². The molecule has 0 saturated carbocycles. The van der Waals surface area contributed by atoms with Crippen molar-refractivity contribution < 1.29 is 9.53 Å². The number of hydrogen-bond acceptors (Lipinski definition) is 2. The molecule has 0 heterocycles. The van der Waals surface area contributed by atoms with Gasteiger partial charge >= 0.3 is 5.97 Å². The molecule has 0 fully saturated rings. The lowest BCUT2D eigenvalue weighted by atomic mass is 10.0. The summed E-state index contributed by atoms with van der Waals surface area (Å²) in [6, 6.07) is 7.72. The Bertz CT molecular complexity index is 336. The zero-order valence-corrected chi connectivity index (χ0v) is 11.7. The number of hydrogen-bond donors (Lipinski definition) is 0. The Morgan fingerprint density at radius 2 is 2.06 bits per heavy atom. The van der Waals surface area contributed by atoms with Gasteiger partial charge in [0.2, 0.25) is 0 Å². The third-order valence-corrected chi connectivity index (χ3v) is 3.11. The van der Waals surface area contributed by atoms with Gasteiger partial charge in [0, 0.05) is 0 Å². The fourth-order valence-electron chi connectivity index (χ4n) is 1.56. The first-order chi connectivity index (χ1) is 7.79. The Morgan fingerprint density at radius 3 is 2.75 bits per heavy atom. The molecule has 16 heavy (non-hydrogen) atoms. The van der Waals surface area contributed by atoms with Gasteiger partial charge in [0.25, 0.3) is 0 Å². The standard InChI is InChI=1S/C13H17IO2/c1-2-16-13(15)12-9-4-3-7-11(12)8-5-6-10-14/h3-4,7,9H,2,5-6,8,10H2,1H3. The maximum atomic E-state index is 11.7. The van der Waals surface area contributed by atoms with E-state index in [1.165, 1.54) is 10.8 Å². The summed E-state index contributed by atoms with van der Waals surface area (Å²) in [5.74, 6) is -0.201. The average Bonchev–Trinajstić information content (AvgIpc) is 2.30. The Kier molecular flexibility index (Phi) is 6.45. The van der Waals surface area contributed by atoms with Crippen LogP contribution in [0.5, 0.6) is 0 Å². The monoisotopic (exact) mass is 332 g/mol. The van der Waals surface area contributed by atoms with Crippen molar-refractivity contribution in [1.82, 2.24) is 0 Å². The predicted molar refractivity (Wildman–Crippen MR) is 74.2 cm³/mol. The van der Waals surface area contributed by atoms with Crippen LogP contribution in [0, 0.1) is 0 Å². The molecule has 0 aliphatic heterocycles. The summed E-state index contributed by atoms with van der Waals surface area (Å²) in [7, 11) is 0. The number of unbranched alkanes of at least 4 members (excludes halogenated alkanes) is 1. The molecule has 0 aliphatic carbocycles. The Balaban J connectivity index is 2.71. The molecule has 0 radical (unpaired) electrons. The van der Waals surface area contributed by atoms with E-state index < -0.39 is 0 Å². The molecular formula is C13H17IO2. The number of aryl methyl sites for hydroxylation is 1. The van der Waals surface area contributed by atoms with Gasteiger partial charge in [0.05, 0.1) is 12.2 Å². The highest BCUT2D eigenvalue weighted by Crippen LogP contribution is 2.13. The number of esters is 1. The maximum Gasteiger partial charge on any atom is 0.338 e. The van der Waals surface area contributed by atoms with Gasteiger partial charge in [-0.1, -0.05) is 40.8 Å². The summed E-state index contributed by atoms with van der Waals surface area (Å²) in [5.41, 5.74) is 1.82. The van der Waals surface area contributed by atoms with Crippen LogP contribution in [0.1, 0.15) is 35.7 Å². The second-order valence-electron chi connectivity index (χ2n) is 3.52. The first-order valence-electron chi connectivity index (χ1n) is 5.60. The van der Waals surface area contributed by atoms with Crippen LogP contribution in [0.15, 0.2) is 24.3 Å². The third-order valence-electron chi connectivity index (χ3n) is 2.34. The van der Waals surface area contributed by atoms with Crippen LogP contribution in [0.4, 0.5) is 0 Å². The van der Waals surface area contributed by atoms with Gasteiger partial charge in [-0.25, -0.2) is 4.79 Å². The molecule has 0 aromatic heterocycles. The lowest BCUT2D eigenvalue weighted by molar-refractivity contribution is 0.0525. The second kappa shape index (κ2) is 7.65. The first-order valence-corrected chi connectivity index (χ1v) is 7.13. The molecule has 0 amide bonds. The van der Waals surface area contributed by atoms with Crippen LogP contribution < -0.4 is 0 Å². The minimum Gasteiger partial charge on any atom is -0.462 e. The molecule has 88 valence electrons. The third kappa shape index (κ3) is 4.12. The van der Waals surface area contributed by atoms with Crippen LogP contribution in [0.3, 0.4) is 0 Å². The van der Waals surface area contributed by atoms with Crippen molar-refractivity contribution >= 4 is 28.6 Å². The molecule has 0 spiro atoms. The molecule has 1 rings (SSSR count). The van der Waals surface area contributed by atoms with E-state index in [1.54, 1.807) is 0 Å². The normalized spacial score (nSPS) is 10.1. The second-order valence-corrected chi connectivity index (χ2v) is 4.60. The van der Waals surface area contributed by atoms with E-state index in [2.05, 4.69) is 22.6 Å². The van der Waals surface area contributed by atoms with Gasteiger partial charge in [-0.2, -0.15) is 0 Å². The van der Waals surface area contributed by atoms with Crippen molar-refractivity contribution in [3.63, 3.8) is 0 Å². The van der Waals surface area contributed by atoms with Gasteiger partial charge in [0.15, 0.2) is 0 Å². The SMILES string of the molecule is CCOC(=O)c1ccccc1CCCCI. The zero-order valence-electron chi connectivity index (χ0n) is 9.54. The summed E-state index contributed by atoms with van der Waals surface area (Å²) < 4.78 is 6.20. The van der Waals surface area contributed by atoms with Crippen molar-refractivity contribution in [2.75, 3.05) is 11.0 Å². The Labute approximate surface area is 111 Å². The molecule has 0 aliphatic rings. The molecule has 0 atom stereocenters. The van der Waals surface area contributed by atoms with Crippen LogP contribution in [0.2, 0.25) is 0 Å². The minimum absolute atomic E-state index is 0.201. The van der Waals surface area contributed by atoms with Gasteiger partial charge < -0.3 is 4.74 Å². The summed E-state index contributed by atoms with van der Waals surface area (Å²) in [5, 5.41) is 0. The quantitative estimate of drug-likeness (QED) is 0.344. The molecular weight excluding hydrogens is 315 g/mol. The molecule has 1 aromatic carbocycles. The Hall–Kier alpha value is -0.580. The lowest BCUT2D eigenvalue weighted by Crippen LogP contribution is -2.08. The summed E-state index contributed by atoms with van der Waals surface area (Å²) in [6.45, 7) is 2.26. The number of benzene rings is 1. The highest BCUT2D eigenvalue weighted by molar-refractivity contribution is 14.1. The predicted octanol–water partition coefficient (Wildman–Crippen LogP) is 3.62. The van der Waals surface area contributed by atoms with Crippen LogP contribution in [-0.2, 0) is 11.2 Å². The molecule has 0 unspecified atom stereocenters. The van der Waals surface area contributed by atoms with E-state index in [0.29, 0.717) is 6.61 Å². The van der Waals surface area contributed by atoms with Gasteiger partial charge in [0.1, 0.15) is 0 Å². The minimum atomic E-state index is -0.201. The van der Waals surface area contributed by atoms with Gasteiger partial charge in [-0.3, -0.25) is 0 Å². The largest absolute Gasteiger partial charge is 0.462 e. The smallest absolute Gasteiger partial charge is 0.338 e. The van der Waals surface area contributed by atoms with Gasteiger partial charge in [-0.05, 0) is 42.2 Å². The first kappa shape index (κ1) is 13.5. The van der Waals surface area contributed by atoms with E-state index in [4.69, 9.17) is 4.74 Å².